The van der Waals surface area contributed by atoms with Gasteiger partial charge >= 0.3 is 0 Å². The van der Waals surface area contributed by atoms with E-state index in [0.717, 1.165) is 12.3 Å². The first-order valence-electron chi connectivity index (χ1n) is 16.9. The van der Waals surface area contributed by atoms with Crippen LogP contribution < -0.4 is 5.32 Å². The van der Waals surface area contributed by atoms with Crippen LogP contribution in [0.4, 0.5) is 0 Å². The highest BCUT2D eigenvalue weighted by atomic mass is 16.1. The number of carbonyl (C=O) groups excluding carboxylic acids is 1. The third-order valence-corrected chi connectivity index (χ3v) is 10.6. The molecule has 3 aliphatic carbocycles. The molecule has 4 aromatic rings. The molecule has 0 bridgehead atoms. The lowest BCUT2D eigenvalue weighted by Gasteiger charge is -2.45. The fourth-order valence-corrected chi connectivity index (χ4v) is 8.48. The van der Waals surface area contributed by atoms with Gasteiger partial charge in [0.25, 0.3) is 0 Å². The lowest BCUT2D eigenvalue weighted by atomic mass is 9.64. The SMILES string of the molecule is CC1(C)CC(=O)Cc2ccccc21.CC1(C)C[C@@H]2NCCCC2c2ccccc21.CC1(C)Cc2ncccc2-c2ccccc21. The summed E-state index contributed by atoms with van der Waals surface area (Å²) in [6.07, 6.45) is 8.21. The summed E-state index contributed by atoms with van der Waals surface area (Å²) in [4.78, 5) is 16.0. The summed E-state index contributed by atoms with van der Waals surface area (Å²) in [6.45, 7) is 14.9. The van der Waals surface area contributed by atoms with Crippen LogP contribution in [0.2, 0.25) is 0 Å². The van der Waals surface area contributed by atoms with Crippen LogP contribution in [0.15, 0.2) is 91.1 Å². The van der Waals surface area contributed by atoms with Crippen molar-refractivity contribution in [1.82, 2.24) is 10.3 Å². The van der Waals surface area contributed by atoms with E-state index >= 15 is 0 Å². The summed E-state index contributed by atoms with van der Waals surface area (Å²) in [5.41, 5.74) is 11.6. The number of nitrogens with zero attached hydrogens (tertiary/aromatic N) is 1. The molecule has 1 aliphatic heterocycles. The molecule has 1 saturated heterocycles. The van der Waals surface area contributed by atoms with Crippen molar-refractivity contribution in [3.63, 3.8) is 0 Å². The van der Waals surface area contributed by atoms with E-state index in [-0.39, 0.29) is 10.8 Å². The number of piperidine rings is 1. The minimum Gasteiger partial charge on any atom is -0.313 e. The Morgan fingerprint density at radius 1 is 0.689 bits per heavy atom. The average Bonchev–Trinajstić information content (AvgIpc) is 3.01. The largest absolute Gasteiger partial charge is 0.313 e. The average molecular weight is 599 g/mol. The quantitative estimate of drug-likeness (QED) is 0.219. The van der Waals surface area contributed by atoms with Gasteiger partial charge in [-0.15, -0.1) is 0 Å². The second-order valence-electron chi connectivity index (χ2n) is 15.5. The predicted octanol–water partition coefficient (Wildman–Crippen LogP) is 9.27. The minimum atomic E-state index is 0.0337. The molecule has 1 fully saturated rings. The number of Topliss-reactive ketones (excluding diaryl/α,β-unsaturated/α-hetero) is 1. The van der Waals surface area contributed by atoms with Gasteiger partial charge in [-0.1, -0.05) is 120 Å². The Kier molecular flexibility index (Phi) is 8.61. The molecular formula is C42H50N2O. The Bertz CT molecular complexity index is 1680. The summed E-state index contributed by atoms with van der Waals surface area (Å²) < 4.78 is 0. The second-order valence-corrected chi connectivity index (χ2v) is 15.5. The van der Waals surface area contributed by atoms with Gasteiger partial charge in [0.05, 0.1) is 0 Å². The highest BCUT2D eigenvalue weighted by Crippen LogP contribution is 2.45. The van der Waals surface area contributed by atoms with E-state index in [1.54, 1.807) is 11.1 Å². The normalized spacial score (nSPS) is 22.8. The summed E-state index contributed by atoms with van der Waals surface area (Å²) in [7, 11) is 0. The van der Waals surface area contributed by atoms with E-state index in [1.165, 1.54) is 59.3 Å². The van der Waals surface area contributed by atoms with Gasteiger partial charge in [-0.2, -0.15) is 0 Å². The summed E-state index contributed by atoms with van der Waals surface area (Å²) >= 11 is 0. The molecule has 0 radical (unpaired) electrons. The predicted molar refractivity (Wildman–Crippen MR) is 187 cm³/mol. The zero-order valence-corrected chi connectivity index (χ0v) is 28.1. The monoisotopic (exact) mass is 598 g/mol. The number of aromatic nitrogens is 1. The molecule has 3 aromatic carbocycles. The third-order valence-electron chi connectivity index (χ3n) is 10.6. The van der Waals surface area contributed by atoms with Gasteiger partial charge in [0.2, 0.25) is 0 Å². The maximum absolute atomic E-state index is 11.4. The van der Waals surface area contributed by atoms with Crippen LogP contribution in [0.25, 0.3) is 11.1 Å². The van der Waals surface area contributed by atoms with Crippen molar-refractivity contribution in [2.24, 2.45) is 0 Å². The van der Waals surface area contributed by atoms with Gasteiger partial charge in [0.1, 0.15) is 5.78 Å². The van der Waals surface area contributed by atoms with E-state index in [2.05, 4.69) is 125 Å². The van der Waals surface area contributed by atoms with E-state index < -0.39 is 0 Å². The van der Waals surface area contributed by atoms with Crippen molar-refractivity contribution in [2.45, 2.75) is 108 Å². The van der Waals surface area contributed by atoms with Crippen LogP contribution in [0.5, 0.6) is 0 Å². The zero-order valence-electron chi connectivity index (χ0n) is 28.1. The van der Waals surface area contributed by atoms with Gasteiger partial charge in [-0.3, -0.25) is 9.78 Å². The number of hydrogen-bond donors (Lipinski definition) is 1. The minimum absolute atomic E-state index is 0.0337. The van der Waals surface area contributed by atoms with Crippen LogP contribution in [-0.4, -0.2) is 23.4 Å². The van der Waals surface area contributed by atoms with E-state index in [9.17, 15) is 4.79 Å². The first kappa shape index (κ1) is 31.4. The molecule has 8 rings (SSSR count). The molecule has 0 saturated carbocycles. The van der Waals surface area contributed by atoms with Gasteiger partial charge in [-0.05, 0) is 93.8 Å². The number of hydrogen-bond acceptors (Lipinski definition) is 3. The first-order chi connectivity index (χ1) is 21.5. The van der Waals surface area contributed by atoms with Crippen molar-refractivity contribution < 1.29 is 4.79 Å². The van der Waals surface area contributed by atoms with E-state index in [4.69, 9.17) is 0 Å². The molecule has 3 nitrogen and oxygen atoms in total. The Morgan fingerprint density at radius 3 is 2.13 bits per heavy atom. The summed E-state index contributed by atoms with van der Waals surface area (Å²) in [5, 5.41) is 3.72. The van der Waals surface area contributed by atoms with Crippen LogP contribution in [0.3, 0.4) is 0 Å². The molecule has 1 N–H and O–H groups in total. The van der Waals surface area contributed by atoms with Crippen molar-refractivity contribution in [3.8, 4) is 11.1 Å². The fourth-order valence-electron chi connectivity index (χ4n) is 8.48. The molecule has 2 heterocycles. The van der Waals surface area contributed by atoms with Crippen molar-refractivity contribution in [1.29, 1.82) is 0 Å². The van der Waals surface area contributed by atoms with Crippen molar-refractivity contribution >= 4 is 5.78 Å². The maximum atomic E-state index is 11.4. The Balaban J connectivity index is 0.000000120. The second kappa shape index (κ2) is 12.3. The molecular weight excluding hydrogens is 548 g/mol. The number of nitrogens with one attached hydrogen (secondary N) is 1. The lowest BCUT2D eigenvalue weighted by molar-refractivity contribution is -0.120. The van der Waals surface area contributed by atoms with Crippen LogP contribution >= 0.6 is 0 Å². The summed E-state index contributed by atoms with van der Waals surface area (Å²) in [5.74, 6) is 1.13. The first-order valence-corrected chi connectivity index (χ1v) is 16.9. The Labute approximate surface area is 270 Å². The smallest absolute Gasteiger partial charge is 0.138 e. The van der Waals surface area contributed by atoms with Crippen molar-refractivity contribution in [2.75, 3.05) is 6.54 Å². The molecule has 234 valence electrons. The van der Waals surface area contributed by atoms with Crippen LogP contribution in [0.1, 0.15) is 107 Å². The number of ketones is 1. The molecule has 2 atom stereocenters. The third kappa shape index (κ3) is 6.42. The van der Waals surface area contributed by atoms with E-state index in [0.29, 0.717) is 30.1 Å². The summed E-state index contributed by atoms with van der Waals surface area (Å²) in [6, 6.07) is 30.9. The van der Waals surface area contributed by atoms with Gasteiger partial charge in [0, 0.05) is 36.3 Å². The van der Waals surface area contributed by atoms with Gasteiger partial charge in [0.15, 0.2) is 0 Å². The standard InChI is InChI=1S/C15H21N.C15H15N.C12H14O/c2*1-15(2)10-14-12(7-5-9-16-14)11-6-3-4-8-13(11)15;1-12(2)8-10(13)7-9-5-3-4-6-11(9)12/h3-4,6,8,12,14,16H,5,7,9-10H2,1-2H3;3-9H,10H2,1-2H3;3-6H,7-8H2,1-2H3/t12?,14-;;/m0../s1. The molecule has 0 spiro atoms. The Morgan fingerprint density at radius 2 is 1.33 bits per heavy atom. The number of rotatable bonds is 0. The zero-order chi connectivity index (χ0) is 31.8. The molecule has 1 unspecified atom stereocenters. The molecule has 4 aliphatic rings. The molecule has 0 amide bonds. The molecule has 45 heavy (non-hydrogen) atoms. The topological polar surface area (TPSA) is 42.0 Å². The van der Waals surface area contributed by atoms with E-state index in [1.807, 2.05) is 18.3 Å². The van der Waals surface area contributed by atoms with Gasteiger partial charge < -0.3 is 5.32 Å². The van der Waals surface area contributed by atoms with Crippen LogP contribution in [-0.2, 0) is 33.9 Å². The Hall–Kier alpha value is -3.56. The number of pyridine rings is 1. The number of fused-ring (bicyclic) bond motifs is 7. The highest BCUT2D eigenvalue weighted by Gasteiger charge is 2.39. The number of carbonyl (C=O) groups is 1. The fraction of sp³-hybridized carbons (Fsp3) is 0.429. The molecule has 1 aromatic heterocycles. The van der Waals surface area contributed by atoms with Crippen molar-refractivity contribution in [3.05, 3.63) is 125 Å². The lowest BCUT2D eigenvalue weighted by Crippen LogP contribution is -2.47. The highest BCUT2D eigenvalue weighted by molar-refractivity contribution is 5.84. The maximum Gasteiger partial charge on any atom is 0.138 e. The molecule has 3 heteroatoms. The van der Waals surface area contributed by atoms with Gasteiger partial charge in [-0.25, -0.2) is 0 Å². The van der Waals surface area contributed by atoms with Crippen LogP contribution in [0, 0.1) is 0 Å². The number of benzene rings is 3.